The van der Waals surface area contributed by atoms with E-state index in [9.17, 15) is 14.3 Å². The minimum Gasteiger partial charge on any atom is -0.481 e. The fourth-order valence-electron chi connectivity index (χ4n) is 4.62. The molecule has 0 unspecified atom stereocenters. The second-order valence-corrected chi connectivity index (χ2v) is 7.47. The first kappa shape index (κ1) is 16.5. The number of halogens is 1. The largest absolute Gasteiger partial charge is 0.481 e. The number of piperidine rings is 2. The van der Waals surface area contributed by atoms with Gasteiger partial charge in [-0.3, -0.25) is 9.69 Å². The van der Waals surface area contributed by atoms with E-state index in [0.717, 1.165) is 48.9 Å². The van der Waals surface area contributed by atoms with Crippen molar-refractivity contribution in [3.05, 3.63) is 35.8 Å². The van der Waals surface area contributed by atoms with Gasteiger partial charge in [0, 0.05) is 49.3 Å². The van der Waals surface area contributed by atoms with Crippen molar-refractivity contribution in [1.82, 2.24) is 14.8 Å². The molecule has 0 saturated carbocycles. The van der Waals surface area contributed by atoms with Crippen molar-refractivity contribution in [3.8, 4) is 0 Å². The molecule has 4 rings (SSSR count). The Balaban J connectivity index is 1.59. The van der Waals surface area contributed by atoms with E-state index in [1.54, 1.807) is 12.1 Å². The van der Waals surface area contributed by atoms with Crippen LogP contribution in [-0.4, -0.2) is 46.2 Å². The molecule has 2 N–H and O–H groups in total. The van der Waals surface area contributed by atoms with Crippen LogP contribution in [0, 0.1) is 11.2 Å². The van der Waals surface area contributed by atoms with Crippen molar-refractivity contribution < 1.29 is 14.3 Å². The molecule has 1 aromatic carbocycles. The Morgan fingerprint density at radius 2 is 2.28 bits per heavy atom. The molecule has 25 heavy (non-hydrogen) atoms. The Kier molecular flexibility index (Phi) is 4.04. The maximum absolute atomic E-state index is 13.5. The predicted molar refractivity (Wildman–Crippen MR) is 93.9 cm³/mol. The summed E-state index contributed by atoms with van der Waals surface area (Å²) in [6.07, 6.45) is 2.49. The highest BCUT2D eigenvalue weighted by atomic mass is 19.1. The first-order chi connectivity index (χ1) is 12.0. The Morgan fingerprint density at radius 3 is 3.08 bits per heavy atom. The molecule has 3 heterocycles. The van der Waals surface area contributed by atoms with E-state index in [4.69, 9.17) is 0 Å². The van der Waals surface area contributed by atoms with E-state index in [1.807, 2.05) is 13.1 Å². The van der Waals surface area contributed by atoms with Crippen molar-refractivity contribution in [2.75, 3.05) is 19.6 Å². The summed E-state index contributed by atoms with van der Waals surface area (Å²) in [5.74, 6) is -0.919. The van der Waals surface area contributed by atoms with Gasteiger partial charge < -0.3 is 15.0 Å². The maximum atomic E-state index is 13.5. The van der Waals surface area contributed by atoms with E-state index in [0.29, 0.717) is 13.1 Å². The highest BCUT2D eigenvalue weighted by Gasteiger charge is 2.50. The molecular weight excluding hydrogens is 321 g/mol. The van der Waals surface area contributed by atoms with Gasteiger partial charge in [0.15, 0.2) is 0 Å². The first-order valence-electron chi connectivity index (χ1n) is 8.93. The Morgan fingerprint density at radius 1 is 1.44 bits per heavy atom. The van der Waals surface area contributed by atoms with Gasteiger partial charge in [-0.25, -0.2) is 4.39 Å². The van der Waals surface area contributed by atoms with Gasteiger partial charge in [-0.2, -0.15) is 0 Å². The zero-order chi connectivity index (χ0) is 17.6. The van der Waals surface area contributed by atoms with Gasteiger partial charge in [0.05, 0.1) is 5.41 Å². The van der Waals surface area contributed by atoms with Crippen LogP contribution in [0.15, 0.2) is 24.3 Å². The van der Waals surface area contributed by atoms with Crippen molar-refractivity contribution in [3.63, 3.8) is 0 Å². The number of nitrogens with one attached hydrogen (secondary N) is 1. The number of likely N-dealkylation sites (tertiary alicyclic amines) is 1. The number of benzene rings is 1. The van der Waals surface area contributed by atoms with Gasteiger partial charge in [0.25, 0.3) is 0 Å². The molecule has 0 amide bonds. The molecule has 6 heteroatoms. The van der Waals surface area contributed by atoms with Crippen LogP contribution in [0.25, 0.3) is 10.9 Å². The van der Waals surface area contributed by atoms with Crippen molar-refractivity contribution in [2.24, 2.45) is 12.5 Å². The summed E-state index contributed by atoms with van der Waals surface area (Å²) in [4.78, 5) is 14.3. The average molecular weight is 345 g/mol. The van der Waals surface area contributed by atoms with Crippen LogP contribution in [0.2, 0.25) is 0 Å². The monoisotopic (exact) mass is 345 g/mol. The summed E-state index contributed by atoms with van der Waals surface area (Å²) < 4.78 is 15.5. The van der Waals surface area contributed by atoms with Crippen molar-refractivity contribution >= 4 is 16.9 Å². The molecule has 1 aromatic heterocycles. The molecule has 0 bridgehead atoms. The van der Waals surface area contributed by atoms with Crippen molar-refractivity contribution in [2.45, 2.75) is 31.8 Å². The normalized spacial score (nSPS) is 27.4. The lowest BCUT2D eigenvalue weighted by molar-refractivity contribution is -0.157. The number of aryl methyl sites for hydroxylation is 1. The van der Waals surface area contributed by atoms with Crippen LogP contribution >= 0.6 is 0 Å². The number of aliphatic carboxylic acids is 1. The van der Waals surface area contributed by atoms with Gasteiger partial charge in [0.1, 0.15) is 5.82 Å². The number of hydrogen-bond acceptors (Lipinski definition) is 3. The topological polar surface area (TPSA) is 57.5 Å². The van der Waals surface area contributed by atoms with Gasteiger partial charge >= 0.3 is 5.97 Å². The zero-order valence-electron chi connectivity index (χ0n) is 14.5. The molecule has 0 aliphatic carbocycles. The molecule has 0 radical (unpaired) electrons. The maximum Gasteiger partial charge on any atom is 0.312 e. The number of hydrogen-bond donors (Lipinski definition) is 2. The quantitative estimate of drug-likeness (QED) is 0.897. The summed E-state index contributed by atoms with van der Waals surface area (Å²) in [7, 11) is 1.98. The van der Waals surface area contributed by atoms with Crippen LogP contribution in [-0.2, 0) is 18.4 Å². The highest BCUT2D eigenvalue weighted by molar-refractivity contribution is 5.81. The summed E-state index contributed by atoms with van der Waals surface area (Å²) in [5, 5.41) is 14.2. The lowest BCUT2D eigenvalue weighted by Crippen LogP contribution is -2.62. The third-order valence-corrected chi connectivity index (χ3v) is 6.01. The van der Waals surface area contributed by atoms with Crippen LogP contribution < -0.4 is 5.32 Å². The van der Waals surface area contributed by atoms with E-state index >= 15 is 0 Å². The molecule has 134 valence electrons. The van der Waals surface area contributed by atoms with Crippen LogP contribution in [0.5, 0.6) is 0 Å². The SMILES string of the molecule is Cn1c(CN2CC[C@H]3NCCC[C@]3(C(=O)O)C2)cc2cc(F)ccc21. The lowest BCUT2D eigenvalue weighted by Gasteiger charge is -2.48. The number of nitrogens with zero attached hydrogens (tertiary/aromatic N) is 2. The molecule has 2 aromatic rings. The zero-order valence-corrected chi connectivity index (χ0v) is 14.5. The Labute approximate surface area is 146 Å². The molecule has 5 nitrogen and oxygen atoms in total. The van der Waals surface area contributed by atoms with Gasteiger partial charge in [-0.05, 0) is 50.1 Å². The first-order valence-corrected chi connectivity index (χ1v) is 8.93. The summed E-state index contributed by atoms with van der Waals surface area (Å²) >= 11 is 0. The number of carboxylic acids is 1. The Hall–Kier alpha value is -1.92. The summed E-state index contributed by atoms with van der Waals surface area (Å²) in [6, 6.07) is 6.90. The van der Waals surface area contributed by atoms with Crippen LogP contribution in [0.3, 0.4) is 0 Å². The van der Waals surface area contributed by atoms with Gasteiger partial charge in [-0.1, -0.05) is 0 Å². The Bertz CT molecular complexity index is 818. The third-order valence-electron chi connectivity index (χ3n) is 6.01. The van der Waals surface area contributed by atoms with Crippen LogP contribution in [0.4, 0.5) is 4.39 Å². The third kappa shape index (κ3) is 2.73. The molecule has 0 spiro atoms. The van der Waals surface area contributed by atoms with E-state index < -0.39 is 11.4 Å². The number of carbonyl (C=O) groups is 1. The minimum absolute atomic E-state index is 0.0663. The van der Waals surface area contributed by atoms with E-state index in [2.05, 4.69) is 14.8 Å². The van der Waals surface area contributed by atoms with Crippen LogP contribution in [0.1, 0.15) is 25.0 Å². The lowest BCUT2D eigenvalue weighted by atomic mass is 9.70. The highest BCUT2D eigenvalue weighted by Crippen LogP contribution is 2.38. The fourth-order valence-corrected chi connectivity index (χ4v) is 4.62. The summed E-state index contributed by atoms with van der Waals surface area (Å²) in [5.41, 5.74) is 1.40. The predicted octanol–water partition coefficient (Wildman–Crippen LogP) is 2.35. The second-order valence-electron chi connectivity index (χ2n) is 7.47. The molecule has 2 aliphatic rings. The molecule has 2 fully saturated rings. The smallest absolute Gasteiger partial charge is 0.312 e. The molecular formula is C19H24FN3O2. The second kappa shape index (κ2) is 6.11. The average Bonchev–Trinajstić information content (AvgIpc) is 2.89. The number of carboxylic acid groups (broad SMARTS) is 1. The van der Waals surface area contributed by atoms with Gasteiger partial charge in [-0.15, -0.1) is 0 Å². The standard InChI is InChI=1S/C19H24FN3O2/c1-22-15(10-13-9-14(20)3-4-16(13)22)11-23-8-5-17-19(12-23,18(24)25)6-2-7-21-17/h3-4,9-10,17,21H,2,5-8,11-12H2,1H3,(H,24,25)/t17-,19+/m1/s1. The number of rotatable bonds is 3. The minimum atomic E-state index is -0.687. The molecule has 2 atom stereocenters. The molecule has 2 saturated heterocycles. The van der Waals surface area contributed by atoms with Gasteiger partial charge in [0.2, 0.25) is 0 Å². The van der Waals surface area contributed by atoms with Crippen molar-refractivity contribution in [1.29, 1.82) is 0 Å². The molecule has 2 aliphatic heterocycles. The number of aromatic nitrogens is 1. The van der Waals surface area contributed by atoms with E-state index in [-0.39, 0.29) is 11.9 Å². The number of fused-ring (bicyclic) bond motifs is 2. The fraction of sp³-hybridized carbons (Fsp3) is 0.526. The summed E-state index contributed by atoms with van der Waals surface area (Å²) in [6.45, 7) is 3.04. The van der Waals surface area contributed by atoms with E-state index in [1.165, 1.54) is 6.07 Å².